The summed E-state index contributed by atoms with van der Waals surface area (Å²) >= 11 is 1.65. The van der Waals surface area contributed by atoms with E-state index in [-0.39, 0.29) is 6.04 Å². The molecule has 0 radical (unpaired) electrons. The van der Waals surface area contributed by atoms with Crippen LogP contribution in [-0.2, 0) is 6.42 Å². The van der Waals surface area contributed by atoms with E-state index in [4.69, 9.17) is 0 Å². The van der Waals surface area contributed by atoms with Crippen LogP contribution in [0, 0.1) is 11.6 Å². The maximum Gasteiger partial charge on any atom is 0.163 e. The smallest absolute Gasteiger partial charge is 0.163 e. The van der Waals surface area contributed by atoms with E-state index in [1.165, 1.54) is 5.56 Å². The first-order valence-corrected chi connectivity index (χ1v) is 6.79. The molecule has 4 heteroatoms. The van der Waals surface area contributed by atoms with Gasteiger partial charge in [-0.15, -0.1) is 0 Å². The molecule has 1 unspecified atom stereocenters. The molecular formula is C14H15F2NS. The highest BCUT2D eigenvalue weighted by Crippen LogP contribution is 2.23. The molecule has 0 bridgehead atoms. The predicted octanol–water partition coefficient (Wildman–Crippen LogP) is 3.92. The summed E-state index contributed by atoms with van der Waals surface area (Å²) in [7, 11) is 1.77. The maximum absolute atomic E-state index is 13.7. The fourth-order valence-electron chi connectivity index (χ4n) is 1.99. The van der Waals surface area contributed by atoms with Gasteiger partial charge in [0.05, 0.1) is 0 Å². The van der Waals surface area contributed by atoms with Crippen molar-refractivity contribution < 1.29 is 8.78 Å². The molecule has 0 spiro atoms. The van der Waals surface area contributed by atoms with Crippen LogP contribution in [0.1, 0.15) is 23.6 Å². The molecule has 0 fully saturated rings. The van der Waals surface area contributed by atoms with Crippen molar-refractivity contribution in [3.05, 3.63) is 57.8 Å². The van der Waals surface area contributed by atoms with E-state index in [9.17, 15) is 8.78 Å². The minimum absolute atomic E-state index is 0.166. The van der Waals surface area contributed by atoms with Crippen molar-refractivity contribution >= 4 is 11.3 Å². The number of hydrogen-bond acceptors (Lipinski definition) is 2. The highest BCUT2D eigenvalue weighted by Gasteiger charge is 2.16. The third-order valence-corrected chi connectivity index (χ3v) is 3.74. The molecule has 1 aromatic carbocycles. The number of nitrogens with one attached hydrogen (secondary N) is 1. The predicted molar refractivity (Wildman–Crippen MR) is 70.8 cm³/mol. The second kappa shape index (κ2) is 6.07. The summed E-state index contributed by atoms with van der Waals surface area (Å²) in [5.74, 6) is -1.54. The van der Waals surface area contributed by atoms with Crippen molar-refractivity contribution in [2.24, 2.45) is 0 Å². The van der Waals surface area contributed by atoms with Crippen LogP contribution in [-0.4, -0.2) is 7.05 Å². The van der Waals surface area contributed by atoms with Crippen molar-refractivity contribution in [3.63, 3.8) is 0 Å². The monoisotopic (exact) mass is 267 g/mol. The summed E-state index contributed by atoms with van der Waals surface area (Å²) in [5, 5.41) is 7.14. The third kappa shape index (κ3) is 2.94. The largest absolute Gasteiger partial charge is 0.313 e. The van der Waals surface area contributed by atoms with Crippen LogP contribution >= 0.6 is 11.3 Å². The van der Waals surface area contributed by atoms with Gasteiger partial charge in [0.2, 0.25) is 0 Å². The second-order valence-corrected chi connectivity index (χ2v) is 4.93. The Morgan fingerprint density at radius 1 is 1.28 bits per heavy atom. The molecule has 0 aliphatic heterocycles. The van der Waals surface area contributed by atoms with E-state index < -0.39 is 11.6 Å². The molecule has 0 saturated heterocycles. The van der Waals surface area contributed by atoms with E-state index in [0.29, 0.717) is 5.56 Å². The molecule has 1 aromatic heterocycles. The number of hydrogen-bond donors (Lipinski definition) is 1. The number of thiophene rings is 1. The lowest BCUT2D eigenvalue weighted by molar-refractivity contribution is 0.463. The van der Waals surface area contributed by atoms with E-state index in [1.807, 2.05) is 5.38 Å². The topological polar surface area (TPSA) is 12.0 Å². The van der Waals surface area contributed by atoms with Gasteiger partial charge in [-0.3, -0.25) is 0 Å². The average molecular weight is 267 g/mol. The normalized spacial score (nSPS) is 12.6. The van der Waals surface area contributed by atoms with Gasteiger partial charge in [-0.2, -0.15) is 11.3 Å². The average Bonchev–Trinajstić information content (AvgIpc) is 2.88. The van der Waals surface area contributed by atoms with Crippen LogP contribution in [0.5, 0.6) is 0 Å². The third-order valence-electron chi connectivity index (χ3n) is 3.01. The molecule has 1 N–H and O–H groups in total. The summed E-state index contributed by atoms with van der Waals surface area (Å²) in [5.41, 5.74) is 1.63. The lowest BCUT2D eigenvalue weighted by Gasteiger charge is -2.17. The summed E-state index contributed by atoms with van der Waals surface area (Å²) in [6.45, 7) is 0. The zero-order valence-corrected chi connectivity index (χ0v) is 10.9. The maximum atomic E-state index is 13.7. The lowest BCUT2D eigenvalue weighted by atomic mass is 9.99. The minimum atomic E-state index is -0.789. The first-order chi connectivity index (χ1) is 8.72. The van der Waals surface area contributed by atoms with Crippen LogP contribution in [0.25, 0.3) is 0 Å². The van der Waals surface area contributed by atoms with Crippen LogP contribution < -0.4 is 5.32 Å². The molecule has 2 rings (SSSR count). The first-order valence-electron chi connectivity index (χ1n) is 5.84. The van der Waals surface area contributed by atoms with Gasteiger partial charge in [0.15, 0.2) is 11.6 Å². The zero-order chi connectivity index (χ0) is 13.0. The van der Waals surface area contributed by atoms with Gasteiger partial charge in [-0.05, 0) is 48.3 Å². The van der Waals surface area contributed by atoms with Gasteiger partial charge in [0, 0.05) is 11.6 Å². The number of halogens is 2. The van der Waals surface area contributed by atoms with E-state index in [1.54, 1.807) is 30.5 Å². The second-order valence-electron chi connectivity index (χ2n) is 4.15. The molecule has 0 aliphatic rings. The van der Waals surface area contributed by atoms with Crippen molar-refractivity contribution in [1.82, 2.24) is 5.32 Å². The molecule has 0 aliphatic carbocycles. The Balaban J connectivity index is 2.10. The Morgan fingerprint density at radius 2 is 2.11 bits per heavy atom. The number of benzene rings is 1. The SMILES string of the molecule is CNC(CCc1ccsc1)c1cccc(F)c1F. The van der Waals surface area contributed by atoms with Crippen LogP contribution in [0.3, 0.4) is 0 Å². The van der Waals surface area contributed by atoms with Gasteiger partial charge in [-0.25, -0.2) is 8.78 Å². The fraction of sp³-hybridized carbons (Fsp3) is 0.286. The van der Waals surface area contributed by atoms with E-state index in [2.05, 4.69) is 16.8 Å². The van der Waals surface area contributed by atoms with Gasteiger partial charge in [-0.1, -0.05) is 12.1 Å². The van der Waals surface area contributed by atoms with E-state index >= 15 is 0 Å². The molecule has 0 saturated carbocycles. The van der Waals surface area contributed by atoms with Crippen LogP contribution in [0.2, 0.25) is 0 Å². The number of aryl methyl sites for hydroxylation is 1. The summed E-state index contributed by atoms with van der Waals surface area (Å²) < 4.78 is 26.9. The molecule has 96 valence electrons. The van der Waals surface area contributed by atoms with Gasteiger partial charge < -0.3 is 5.32 Å². The Labute approximate surface area is 109 Å². The standard InChI is InChI=1S/C14H15F2NS/c1-17-13(6-5-10-7-8-18-9-10)11-3-2-4-12(15)14(11)16/h2-4,7-9,13,17H,5-6H2,1H3. The summed E-state index contributed by atoms with van der Waals surface area (Å²) in [6, 6.07) is 6.21. The molecule has 0 amide bonds. The first kappa shape index (κ1) is 13.2. The summed E-state index contributed by atoms with van der Waals surface area (Å²) in [4.78, 5) is 0. The van der Waals surface area contributed by atoms with Crippen molar-refractivity contribution in [2.75, 3.05) is 7.05 Å². The summed E-state index contributed by atoms with van der Waals surface area (Å²) in [6.07, 6.45) is 1.60. The van der Waals surface area contributed by atoms with Crippen LogP contribution in [0.4, 0.5) is 8.78 Å². The molecule has 1 nitrogen and oxygen atoms in total. The Morgan fingerprint density at radius 3 is 2.78 bits per heavy atom. The fourth-order valence-corrected chi connectivity index (χ4v) is 2.69. The number of rotatable bonds is 5. The van der Waals surface area contributed by atoms with Gasteiger partial charge in [0.1, 0.15) is 0 Å². The van der Waals surface area contributed by atoms with Crippen molar-refractivity contribution in [3.8, 4) is 0 Å². The van der Waals surface area contributed by atoms with Crippen molar-refractivity contribution in [2.45, 2.75) is 18.9 Å². The van der Waals surface area contributed by atoms with Crippen LogP contribution in [0.15, 0.2) is 35.0 Å². The van der Waals surface area contributed by atoms with Crippen molar-refractivity contribution in [1.29, 1.82) is 0 Å². The highest BCUT2D eigenvalue weighted by atomic mass is 32.1. The van der Waals surface area contributed by atoms with Gasteiger partial charge >= 0.3 is 0 Å². The molecular weight excluding hydrogens is 252 g/mol. The molecule has 2 aromatic rings. The molecule has 1 heterocycles. The Kier molecular flexibility index (Phi) is 4.44. The molecule has 18 heavy (non-hydrogen) atoms. The Bertz CT molecular complexity index is 497. The Hall–Kier alpha value is -1.26. The van der Waals surface area contributed by atoms with E-state index in [0.717, 1.165) is 18.9 Å². The lowest BCUT2D eigenvalue weighted by Crippen LogP contribution is -2.18. The minimum Gasteiger partial charge on any atom is -0.313 e. The zero-order valence-electron chi connectivity index (χ0n) is 10.1. The van der Waals surface area contributed by atoms with Gasteiger partial charge in [0.25, 0.3) is 0 Å². The molecule has 1 atom stereocenters. The quantitative estimate of drug-likeness (QED) is 0.865. The highest BCUT2D eigenvalue weighted by molar-refractivity contribution is 7.07.